The van der Waals surface area contributed by atoms with Crippen LogP contribution in [0, 0.1) is 0 Å². The van der Waals surface area contributed by atoms with E-state index in [9.17, 15) is 4.79 Å². The molecule has 0 saturated carbocycles. The number of hydrogen-bond acceptors (Lipinski definition) is 4. The summed E-state index contributed by atoms with van der Waals surface area (Å²) in [7, 11) is 1.62. The predicted octanol–water partition coefficient (Wildman–Crippen LogP) is 6.24. The zero-order chi connectivity index (χ0) is 23.5. The number of primary amides is 1. The fraction of sp³-hybridized carbons (Fsp3) is 0.280. The molecule has 5 nitrogen and oxygen atoms in total. The van der Waals surface area contributed by atoms with Crippen LogP contribution in [0.3, 0.4) is 0 Å². The van der Waals surface area contributed by atoms with Crippen molar-refractivity contribution in [2.24, 2.45) is 5.73 Å². The number of nitrogens with zero attached hydrogens (tertiary/aromatic N) is 2. The smallest absolute Gasteiger partial charge is 0.249 e. The van der Waals surface area contributed by atoms with Crippen molar-refractivity contribution in [2.75, 3.05) is 25.2 Å². The third-order valence-corrected chi connectivity index (χ3v) is 5.82. The molecule has 0 aliphatic rings. The van der Waals surface area contributed by atoms with E-state index in [1.165, 1.54) is 5.56 Å². The highest BCUT2D eigenvalue weighted by Gasteiger charge is 2.25. The van der Waals surface area contributed by atoms with E-state index >= 15 is 0 Å². The second-order valence-corrected chi connectivity index (χ2v) is 9.28. The highest BCUT2D eigenvalue weighted by Crippen LogP contribution is 2.43. The molecule has 0 aliphatic heterocycles. The Morgan fingerprint density at radius 1 is 1.06 bits per heavy atom. The minimum atomic E-state index is -0.545. The van der Waals surface area contributed by atoms with Crippen LogP contribution >= 0.6 is 23.2 Å². The number of aromatic nitrogens is 1. The number of halogens is 2. The van der Waals surface area contributed by atoms with Crippen LogP contribution in [0.1, 0.15) is 36.7 Å². The van der Waals surface area contributed by atoms with Gasteiger partial charge in [-0.1, -0.05) is 68.2 Å². The molecule has 7 heteroatoms. The first-order valence-electron chi connectivity index (χ1n) is 10.3. The van der Waals surface area contributed by atoms with Gasteiger partial charge in [-0.2, -0.15) is 0 Å². The molecule has 0 atom stereocenters. The molecule has 1 amide bonds. The van der Waals surface area contributed by atoms with E-state index in [0.717, 1.165) is 5.56 Å². The number of ether oxygens (including phenoxy) is 1. The number of methoxy groups -OCH3 is 1. The normalized spacial score (nSPS) is 11.4. The van der Waals surface area contributed by atoms with Crippen LogP contribution in [-0.4, -0.2) is 31.2 Å². The van der Waals surface area contributed by atoms with Crippen LogP contribution in [0.4, 0.5) is 11.5 Å². The van der Waals surface area contributed by atoms with Crippen molar-refractivity contribution >= 4 is 40.6 Å². The Labute approximate surface area is 199 Å². The minimum absolute atomic E-state index is 0.00576. The standard InChI is InChI=1S/C25H27Cl2N3O2/c1-25(2,3)17-9-7-16(8-10-17)21-18(23(28)31)11-12-19(26)22(21)30(14-15-32-4)24-20(27)6-5-13-29-24/h5-13H,14-15H2,1-4H3,(H2,28,31). The van der Waals surface area contributed by atoms with Crippen LogP contribution in [-0.2, 0) is 10.2 Å². The van der Waals surface area contributed by atoms with Gasteiger partial charge in [-0.05, 0) is 40.8 Å². The molecule has 2 N–H and O–H groups in total. The second kappa shape index (κ2) is 9.90. The summed E-state index contributed by atoms with van der Waals surface area (Å²) in [5, 5.41) is 0.904. The molecule has 32 heavy (non-hydrogen) atoms. The summed E-state index contributed by atoms with van der Waals surface area (Å²) in [6.45, 7) is 7.26. The Balaban J connectivity index is 2.30. The number of pyridine rings is 1. The van der Waals surface area contributed by atoms with Crippen LogP contribution in [0.25, 0.3) is 11.1 Å². The molecular weight excluding hydrogens is 445 g/mol. The maximum Gasteiger partial charge on any atom is 0.249 e. The third-order valence-electron chi connectivity index (χ3n) is 5.22. The molecule has 0 unspecified atom stereocenters. The van der Waals surface area contributed by atoms with Crippen molar-refractivity contribution in [1.29, 1.82) is 0 Å². The van der Waals surface area contributed by atoms with Crippen LogP contribution in [0.15, 0.2) is 54.7 Å². The minimum Gasteiger partial charge on any atom is -0.383 e. The summed E-state index contributed by atoms with van der Waals surface area (Å²) in [6.07, 6.45) is 1.66. The van der Waals surface area contributed by atoms with Crippen molar-refractivity contribution in [2.45, 2.75) is 26.2 Å². The number of amides is 1. The molecule has 1 heterocycles. The number of anilines is 2. The summed E-state index contributed by atoms with van der Waals surface area (Å²) in [6, 6.07) is 14.9. The van der Waals surface area contributed by atoms with Crippen LogP contribution in [0.5, 0.6) is 0 Å². The first kappa shape index (κ1) is 24.1. The second-order valence-electron chi connectivity index (χ2n) is 8.46. The predicted molar refractivity (Wildman–Crippen MR) is 132 cm³/mol. The molecule has 0 fully saturated rings. The van der Waals surface area contributed by atoms with E-state index in [4.69, 9.17) is 33.7 Å². The Kier molecular flexibility index (Phi) is 7.44. The van der Waals surface area contributed by atoms with Gasteiger partial charge in [-0.15, -0.1) is 0 Å². The lowest BCUT2D eigenvalue weighted by molar-refractivity contribution is 0.100. The van der Waals surface area contributed by atoms with Gasteiger partial charge < -0.3 is 15.4 Å². The quantitative estimate of drug-likeness (QED) is 0.442. The summed E-state index contributed by atoms with van der Waals surface area (Å²) >= 11 is 13.2. The first-order valence-corrected chi connectivity index (χ1v) is 11.0. The van der Waals surface area contributed by atoms with Gasteiger partial charge in [0.15, 0.2) is 5.82 Å². The fourth-order valence-electron chi connectivity index (χ4n) is 3.55. The number of nitrogens with two attached hydrogens (primary N) is 1. The zero-order valence-electron chi connectivity index (χ0n) is 18.7. The molecular formula is C25H27Cl2N3O2. The molecule has 2 aromatic carbocycles. The van der Waals surface area contributed by atoms with Gasteiger partial charge in [0.2, 0.25) is 5.91 Å². The summed E-state index contributed by atoms with van der Waals surface area (Å²) in [4.78, 5) is 18.8. The van der Waals surface area contributed by atoms with Gasteiger partial charge in [0.1, 0.15) is 0 Å². The SMILES string of the molecule is COCCN(c1ncccc1Cl)c1c(Cl)ccc(C(N)=O)c1-c1ccc(C(C)(C)C)cc1. The van der Waals surface area contributed by atoms with Gasteiger partial charge in [-0.25, -0.2) is 4.98 Å². The molecule has 3 aromatic rings. The number of carbonyl (C=O) groups excluding carboxylic acids is 1. The molecule has 0 aliphatic carbocycles. The summed E-state index contributed by atoms with van der Waals surface area (Å²) in [5.74, 6) is -0.0288. The zero-order valence-corrected chi connectivity index (χ0v) is 20.2. The van der Waals surface area contributed by atoms with E-state index in [0.29, 0.717) is 45.8 Å². The molecule has 0 saturated heterocycles. The van der Waals surface area contributed by atoms with Crippen molar-refractivity contribution in [3.05, 3.63) is 75.9 Å². The largest absolute Gasteiger partial charge is 0.383 e. The van der Waals surface area contributed by atoms with Gasteiger partial charge in [0.25, 0.3) is 0 Å². The maximum absolute atomic E-state index is 12.4. The van der Waals surface area contributed by atoms with Crippen LogP contribution < -0.4 is 10.6 Å². The Hall–Kier alpha value is -2.60. The first-order chi connectivity index (χ1) is 15.1. The van der Waals surface area contributed by atoms with Crippen molar-refractivity contribution in [3.8, 4) is 11.1 Å². The van der Waals surface area contributed by atoms with E-state index in [1.807, 2.05) is 17.0 Å². The lowest BCUT2D eigenvalue weighted by Gasteiger charge is -2.29. The van der Waals surface area contributed by atoms with Gasteiger partial charge in [0.05, 0.1) is 22.3 Å². The fourth-order valence-corrected chi connectivity index (χ4v) is 4.03. The van der Waals surface area contributed by atoms with E-state index in [1.54, 1.807) is 37.6 Å². The molecule has 168 valence electrons. The molecule has 0 spiro atoms. The Morgan fingerprint density at radius 3 is 2.31 bits per heavy atom. The average molecular weight is 472 g/mol. The number of carbonyl (C=O) groups is 1. The molecule has 0 bridgehead atoms. The highest BCUT2D eigenvalue weighted by atomic mass is 35.5. The molecule has 3 rings (SSSR count). The lowest BCUT2D eigenvalue weighted by atomic mass is 9.85. The van der Waals surface area contributed by atoms with Crippen LogP contribution in [0.2, 0.25) is 10.0 Å². The van der Waals surface area contributed by atoms with Crippen molar-refractivity contribution in [3.63, 3.8) is 0 Å². The van der Waals surface area contributed by atoms with E-state index in [2.05, 4.69) is 37.9 Å². The maximum atomic E-state index is 12.4. The van der Waals surface area contributed by atoms with Gasteiger partial charge >= 0.3 is 0 Å². The lowest BCUT2D eigenvalue weighted by Crippen LogP contribution is -2.25. The number of benzene rings is 2. The molecule has 1 aromatic heterocycles. The summed E-state index contributed by atoms with van der Waals surface area (Å²) in [5.41, 5.74) is 9.35. The van der Waals surface area contributed by atoms with Crippen molar-refractivity contribution in [1.82, 2.24) is 4.98 Å². The Bertz CT molecular complexity index is 1110. The van der Waals surface area contributed by atoms with Gasteiger partial charge in [-0.3, -0.25) is 4.79 Å². The topological polar surface area (TPSA) is 68.4 Å². The molecule has 0 radical (unpaired) electrons. The Morgan fingerprint density at radius 2 is 1.75 bits per heavy atom. The number of rotatable bonds is 7. The highest BCUT2D eigenvalue weighted by molar-refractivity contribution is 6.35. The van der Waals surface area contributed by atoms with E-state index < -0.39 is 5.91 Å². The monoisotopic (exact) mass is 471 g/mol. The third kappa shape index (κ3) is 5.07. The van der Waals surface area contributed by atoms with E-state index in [-0.39, 0.29) is 5.41 Å². The van der Waals surface area contributed by atoms with Crippen molar-refractivity contribution < 1.29 is 9.53 Å². The number of hydrogen-bond donors (Lipinski definition) is 1. The summed E-state index contributed by atoms with van der Waals surface area (Å²) < 4.78 is 5.32. The average Bonchev–Trinajstić information content (AvgIpc) is 2.75. The van der Waals surface area contributed by atoms with Gasteiger partial charge in [0, 0.05) is 31.0 Å².